The molecule has 44 heavy (non-hydrogen) atoms. The molecule has 1 N–H and O–H groups in total. The molecule has 3 aliphatic carbocycles. The molecule has 0 amide bonds. The van der Waals surface area contributed by atoms with Crippen LogP contribution in [-0.2, 0) is 13.6 Å². The monoisotopic (exact) mass is 648 g/mol. The summed E-state index contributed by atoms with van der Waals surface area (Å²) in [6.45, 7) is 35.6. The lowest BCUT2D eigenvalue weighted by atomic mass is 9.62. The first-order chi connectivity index (χ1) is 19.9. The maximum atomic E-state index is 11.7. The zero-order valence-electron chi connectivity index (χ0n) is 31.7. The molecule has 4 nitrogen and oxygen atoms in total. The van der Waals surface area contributed by atoms with Crippen LogP contribution in [0.3, 0.4) is 0 Å². The summed E-state index contributed by atoms with van der Waals surface area (Å²) in [5, 5.41) is 11.9. The molecule has 256 valence electrons. The highest BCUT2D eigenvalue weighted by molar-refractivity contribution is 6.74. The number of aliphatic hydroxyl groups is 1. The van der Waals surface area contributed by atoms with Crippen molar-refractivity contribution in [1.29, 1.82) is 0 Å². The van der Waals surface area contributed by atoms with Crippen molar-refractivity contribution in [2.45, 2.75) is 188 Å². The van der Waals surface area contributed by atoms with Crippen LogP contribution in [0.25, 0.3) is 0 Å². The van der Waals surface area contributed by atoms with Crippen LogP contribution >= 0.6 is 0 Å². The van der Waals surface area contributed by atoms with Gasteiger partial charge in [0, 0.05) is 6.61 Å². The third-order valence-corrected chi connectivity index (χ3v) is 21.6. The van der Waals surface area contributed by atoms with Crippen molar-refractivity contribution in [3.05, 3.63) is 23.3 Å². The maximum Gasteiger partial charge on any atom is 0.192 e. The third-order valence-electron chi connectivity index (χ3n) is 12.6. The van der Waals surface area contributed by atoms with Gasteiger partial charge < -0.3 is 18.7 Å². The van der Waals surface area contributed by atoms with Gasteiger partial charge in [0.2, 0.25) is 0 Å². The predicted molar refractivity (Wildman–Crippen MR) is 193 cm³/mol. The molecule has 0 bridgehead atoms. The zero-order chi connectivity index (χ0) is 33.5. The summed E-state index contributed by atoms with van der Waals surface area (Å²) in [6, 6.07) is 0. The molecule has 3 aliphatic rings. The van der Waals surface area contributed by atoms with Crippen LogP contribution in [-0.4, -0.2) is 52.8 Å². The molecule has 0 aromatic rings. The Labute approximate surface area is 275 Å². The van der Waals surface area contributed by atoms with Gasteiger partial charge in [0.25, 0.3) is 0 Å². The van der Waals surface area contributed by atoms with Crippen LogP contribution in [0.1, 0.15) is 128 Å². The molecule has 0 aromatic heterocycles. The minimum atomic E-state index is -2.07. The number of hydrogen-bond acceptors (Lipinski definition) is 4. The normalized spacial score (nSPS) is 33.6. The molecule has 0 heterocycles. The van der Waals surface area contributed by atoms with Crippen LogP contribution in [0.5, 0.6) is 0 Å². The van der Waals surface area contributed by atoms with Crippen molar-refractivity contribution in [3.8, 4) is 0 Å². The van der Waals surface area contributed by atoms with Crippen LogP contribution in [0.4, 0.5) is 0 Å². The van der Waals surface area contributed by atoms with Gasteiger partial charge in [-0.25, -0.2) is 0 Å². The van der Waals surface area contributed by atoms with Gasteiger partial charge in [-0.2, -0.15) is 0 Å². The average Bonchev–Trinajstić information content (AvgIpc) is 3.20. The van der Waals surface area contributed by atoms with E-state index in [0.29, 0.717) is 28.8 Å². The Bertz CT molecular complexity index is 985. The molecule has 0 aliphatic heterocycles. The number of ether oxygens (including phenoxy) is 1. The van der Waals surface area contributed by atoms with E-state index in [-0.39, 0.29) is 22.3 Å². The number of fused-ring (bicyclic) bond motifs is 1. The van der Waals surface area contributed by atoms with E-state index >= 15 is 0 Å². The first-order valence-corrected chi connectivity index (χ1v) is 23.7. The van der Waals surface area contributed by atoms with Gasteiger partial charge in [0.15, 0.2) is 16.6 Å². The van der Waals surface area contributed by atoms with Crippen LogP contribution in [0.15, 0.2) is 23.3 Å². The smallest absolute Gasteiger partial charge is 0.192 e. The quantitative estimate of drug-likeness (QED) is 0.253. The van der Waals surface area contributed by atoms with Crippen molar-refractivity contribution in [2.75, 3.05) is 6.61 Å². The van der Waals surface area contributed by atoms with Crippen molar-refractivity contribution in [2.24, 2.45) is 22.7 Å². The number of rotatable bonds is 9. The molecule has 0 spiro atoms. The van der Waals surface area contributed by atoms with Crippen molar-refractivity contribution in [3.63, 3.8) is 0 Å². The summed E-state index contributed by atoms with van der Waals surface area (Å²) in [5.74, 6) is 1.26. The summed E-state index contributed by atoms with van der Waals surface area (Å²) < 4.78 is 20.4. The van der Waals surface area contributed by atoms with E-state index in [0.717, 1.165) is 25.9 Å². The van der Waals surface area contributed by atoms with Gasteiger partial charge in [0.1, 0.15) is 6.10 Å². The molecule has 3 saturated carbocycles. The first-order valence-electron chi connectivity index (χ1n) is 17.9. The van der Waals surface area contributed by atoms with Crippen molar-refractivity contribution < 1.29 is 18.7 Å². The van der Waals surface area contributed by atoms with Gasteiger partial charge >= 0.3 is 0 Å². The second-order valence-electron chi connectivity index (χ2n) is 19.3. The fourth-order valence-corrected chi connectivity index (χ4v) is 10.2. The number of hydrogen-bond donors (Lipinski definition) is 1. The van der Waals surface area contributed by atoms with Gasteiger partial charge in [0.05, 0.1) is 18.3 Å². The zero-order valence-corrected chi connectivity index (χ0v) is 33.7. The van der Waals surface area contributed by atoms with E-state index in [1.54, 1.807) is 5.57 Å². The van der Waals surface area contributed by atoms with Gasteiger partial charge in [-0.3, -0.25) is 0 Å². The number of allylic oxidation sites excluding steroid dienone is 3. The summed E-state index contributed by atoms with van der Waals surface area (Å²) >= 11 is 0. The number of aliphatic hydroxyl groups excluding tert-OH is 1. The van der Waals surface area contributed by atoms with Crippen LogP contribution < -0.4 is 0 Å². The molecule has 3 fully saturated rings. The fraction of sp³-hybridized carbons (Fsp3) is 0.895. The highest BCUT2D eigenvalue weighted by Gasteiger charge is 2.51. The molecule has 0 saturated heterocycles. The molecular weight excluding hydrogens is 577 g/mol. The van der Waals surface area contributed by atoms with Gasteiger partial charge in [-0.05, 0) is 117 Å². The molecule has 0 radical (unpaired) electrons. The van der Waals surface area contributed by atoms with Crippen LogP contribution in [0.2, 0.25) is 36.3 Å². The Hall–Kier alpha value is -0.246. The summed E-state index contributed by atoms with van der Waals surface area (Å²) in [7, 11) is -4.14. The summed E-state index contributed by atoms with van der Waals surface area (Å²) in [5.41, 5.74) is 3.63. The van der Waals surface area contributed by atoms with Gasteiger partial charge in [-0.1, -0.05) is 92.5 Å². The molecule has 6 heteroatoms. The summed E-state index contributed by atoms with van der Waals surface area (Å²) in [6.07, 6.45) is 13.2. The minimum absolute atomic E-state index is 0.0883. The lowest BCUT2D eigenvalue weighted by molar-refractivity contribution is -0.0604. The fourth-order valence-electron chi connectivity index (χ4n) is 7.49. The molecular formula is C38H72O4Si2. The van der Waals surface area contributed by atoms with E-state index in [9.17, 15) is 5.11 Å². The maximum absolute atomic E-state index is 11.7. The lowest BCUT2D eigenvalue weighted by Crippen LogP contribution is -2.55. The van der Waals surface area contributed by atoms with E-state index in [4.69, 9.17) is 13.6 Å². The molecule has 0 aromatic carbocycles. The average molecular weight is 649 g/mol. The second-order valence-corrected chi connectivity index (χ2v) is 28.8. The van der Waals surface area contributed by atoms with Crippen molar-refractivity contribution in [1.82, 2.24) is 0 Å². The Balaban J connectivity index is 1.85. The molecule has 4 unspecified atom stereocenters. The van der Waals surface area contributed by atoms with Crippen molar-refractivity contribution >= 4 is 16.6 Å². The predicted octanol–water partition coefficient (Wildman–Crippen LogP) is 10.8. The largest absolute Gasteiger partial charge is 0.411 e. The SMILES string of the molecule is C[C@@H](OCCC(C)(C)C)C1CCC2/C(=C/C=C3C[C@H](O[Si](C)(C)C(C)(C)C)C(O)[C@H](O[Si](C)(C)C(C)(C)C)C3)CCCC21C. The molecule has 3 rings (SSSR count). The Kier molecular flexibility index (Phi) is 11.9. The lowest BCUT2D eigenvalue weighted by Gasteiger charge is -2.47. The van der Waals surface area contributed by atoms with Crippen LogP contribution in [0, 0.1) is 22.7 Å². The first kappa shape index (κ1) is 38.2. The third kappa shape index (κ3) is 9.01. The molecule has 7 atom stereocenters. The topological polar surface area (TPSA) is 47.9 Å². The highest BCUT2D eigenvalue weighted by Crippen LogP contribution is 2.58. The van der Waals surface area contributed by atoms with E-state index in [1.807, 2.05) is 0 Å². The Morgan fingerprint density at radius 1 is 0.864 bits per heavy atom. The standard InChI is InChI=1S/C38H72O4Si2/c1-27(40-24-23-35(2,3)4)30-20-21-31-29(17-16-22-38(30,31)11)19-18-28-25-32(41-43(12,13)36(5,6)7)34(39)33(26-28)42-44(14,15)37(8,9)10/h18-19,27,30-34,39H,16-17,20-26H2,1-15H3/b28-18?,29-19+/t27-,30?,31?,32-,33+,34?,38?/m1/s1. The minimum Gasteiger partial charge on any atom is -0.411 e. The van der Waals surface area contributed by atoms with Gasteiger partial charge in [-0.15, -0.1) is 0 Å². The second kappa shape index (κ2) is 13.7. The van der Waals surface area contributed by atoms with E-state index < -0.39 is 22.7 Å². The summed E-state index contributed by atoms with van der Waals surface area (Å²) in [4.78, 5) is 0. The van der Waals surface area contributed by atoms with E-state index in [2.05, 4.69) is 115 Å². The Morgan fingerprint density at radius 2 is 1.39 bits per heavy atom. The van der Waals surface area contributed by atoms with E-state index in [1.165, 1.54) is 37.7 Å². The highest BCUT2D eigenvalue weighted by atomic mass is 28.4. The Morgan fingerprint density at radius 3 is 1.86 bits per heavy atom.